The molecule has 2 aromatic rings. The van der Waals surface area contributed by atoms with Gasteiger partial charge in [-0.15, -0.1) is 0 Å². The lowest BCUT2D eigenvalue weighted by molar-refractivity contribution is 0.553. The van der Waals surface area contributed by atoms with Crippen molar-refractivity contribution in [1.29, 1.82) is 0 Å². The van der Waals surface area contributed by atoms with Crippen LogP contribution in [0.2, 0.25) is 0 Å². The number of aryl methyl sites for hydroxylation is 3. The molecule has 1 saturated carbocycles. The average molecular weight is 357 g/mol. The van der Waals surface area contributed by atoms with E-state index in [0.717, 1.165) is 50.6 Å². The molecule has 140 valence electrons. The number of hydrogen-bond donors (Lipinski definition) is 2. The second-order valence-corrected chi connectivity index (χ2v) is 7.14. The van der Waals surface area contributed by atoms with Gasteiger partial charge in [0.15, 0.2) is 5.96 Å². The van der Waals surface area contributed by atoms with Gasteiger partial charge in [0.1, 0.15) is 5.82 Å². The highest BCUT2D eigenvalue weighted by molar-refractivity contribution is 5.79. The molecule has 0 atom stereocenters. The van der Waals surface area contributed by atoms with Crippen molar-refractivity contribution in [2.45, 2.75) is 45.1 Å². The van der Waals surface area contributed by atoms with Gasteiger partial charge in [-0.3, -0.25) is 9.67 Å². The Balaban J connectivity index is 1.43. The van der Waals surface area contributed by atoms with Crippen molar-refractivity contribution in [3.63, 3.8) is 0 Å². The molecule has 2 N–H and O–H groups in total. The first kappa shape index (κ1) is 18.4. The summed E-state index contributed by atoms with van der Waals surface area (Å²) in [4.78, 5) is 4.30. The van der Waals surface area contributed by atoms with E-state index in [-0.39, 0.29) is 11.2 Å². The predicted molar refractivity (Wildman–Crippen MR) is 103 cm³/mol. The molecule has 5 nitrogen and oxygen atoms in total. The summed E-state index contributed by atoms with van der Waals surface area (Å²) in [6.07, 6.45) is 3.23. The van der Waals surface area contributed by atoms with Gasteiger partial charge in [0.05, 0.1) is 5.69 Å². The number of hydrogen-bond acceptors (Lipinski definition) is 2. The minimum atomic E-state index is -0.183. The summed E-state index contributed by atoms with van der Waals surface area (Å²) in [6.45, 7) is 6.64. The van der Waals surface area contributed by atoms with Gasteiger partial charge in [0.2, 0.25) is 0 Å². The summed E-state index contributed by atoms with van der Waals surface area (Å²) in [5, 5.41) is 11.3. The van der Waals surface area contributed by atoms with Crippen molar-refractivity contribution in [3.8, 4) is 0 Å². The largest absolute Gasteiger partial charge is 0.356 e. The third kappa shape index (κ3) is 4.42. The molecule has 0 saturated heterocycles. The Hall–Kier alpha value is -2.37. The Kier molecular flexibility index (Phi) is 5.59. The number of halogens is 1. The van der Waals surface area contributed by atoms with Gasteiger partial charge in [0, 0.05) is 37.8 Å². The summed E-state index contributed by atoms with van der Waals surface area (Å²) < 4.78 is 15.2. The van der Waals surface area contributed by atoms with E-state index in [0.29, 0.717) is 0 Å². The molecule has 0 amide bonds. The molecule has 1 aliphatic carbocycles. The fraction of sp³-hybridized carbons (Fsp3) is 0.500. The van der Waals surface area contributed by atoms with Gasteiger partial charge in [-0.1, -0.05) is 12.1 Å². The van der Waals surface area contributed by atoms with Crippen molar-refractivity contribution < 1.29 is 4.39 Å². The second-order valence-electron chi connectivity index (χ2n) is 7.14. The van der Waals surface area contributed by atoms with Crippen molar-refractivity contribution in [2.75, 3.05) is 20.1 Å². The maximum Gasteiger partial charge on any atom is 0.191 e. The number of nitrogens with zero attached hydrogens (tertiary/aromatic N) is 3. The summed E-state index contributed by atoms with van der Waals surface area (Å²) in [7, 11) is 1.79. The SMILES string of the molecule is CN=C(NCCCn1nc(C)cc1C)NCC1(c2ccc(F)cc2)CC1. The van der Waals surface area contributed by atoms with Crippen molar-refractivity contribution >= 4 is 5.96 Å². The molecular formula is C20H28FN5. The number of aromatic nitrogens is 2. The van der Waals surface area contributed by atoms with Gasteiger partial charge in [-0.05, 0) is 56.9 Å². The molecule has 1 fully saturated rings. The average Bonchev–Trinajstić information content (AvgIpc) is 3.34. The molecule has 1 heterocycles. The lowest BCUT2D eigenvalue weighted by Crippen LogP contribution is -2.41. The Morgan fingerprint density at radius 3 is 2.54 bits per heavy atom. The fourth-order valence-corrected chi connectivity index (χ4v) is 3.33. The molecular weight excluding hydrogens is 329 g/mol. The number of nitrogens with one attached hydrogen (secondary N) is 2. The monoisotopic (exact) mass is 357 g/mol. The zero-order valence-corrected chi connectivity index (χ0v) is 15.8. The van der Waals surface area contributed by atoms with Gasteiger partial charge >= 0.3 is 0 Å². The number of aliphatic imine (C=N–C) groups is 1. The van der Waals surface area contributed by atoms with Crippen molar-refractivity contribution in [1.82, 2.24) is 20.4 Å². The van der Waals surface area contributed by atoms with Crippen molar-refractivity contribution in [3.05, 3.63) is 53.1 Å². The maximum absolute atomic E-state index is 13.1. The van der Waals surface area contributed by atoms with E-state index < -0.39 is 0 Å². The quantitative estimate of drug-likeness (QED) is 0.455. The summed E-state index contributed by atoms with van der Waals surface area (Å²) in [6, 6.07) is 8.98. The molecule has 26 heavy (non-hydrogen) atoms. The summed E-state index contributed by atoms with van der Waals surface area (Å²) >= 11 is 0. The Morgan fingerprint density at radius 2 is 1.96 bits per heavy atom. The van der Waals surface area contributed by atoms with E-state index in [1.165, 1.54) is 11.3 Å². The van der Waals surface area contributed by atoms with Gasteiger partial charge in [0.25, 0.3) is 0 Å². The third-order valence-electron chi connectivity index (χ3n) is 5.07. The Labute approximate surface area is 154 Å². The van der Waals surface area contributed by atoms with E-state index in [4.69, 9.17) is 0 Å². The maximum atomic E-state index is 13.1. The van der Waals surface area contributed by atoms with Crippen LogP contribution in [0.25, 0.3) is 0 Å². The van der Waals surface area contributed by atoms with Crippen LogP contribution in [-0.4, -0.2) is 35.9 Å². The molecule has 0 bridgehead atoms. The lowest BCUT2D eigenvalue weighted by atomic mass is 9.96. The van der Waals surface area contributed by atoms with Crippen LogP contribution in [0.4, 0.5) is 4.39 Å². The van der Waals surface area contributed by atoms with E-state index in [1.807, 2.05) is 23.7 Å². The Bertz CT molecular complexity index is 759. The molecule has 0 aliphatic heterocycles. The fourth-order valence-electron chi connectivity index (χ4n) is 3.33. The summed E-state index contributed by atoms with van der Waals surface area (Å²) in [5.41, 5.74) is 3.57. The van der Waals surface area contributed by atoms with Crippen molar-refractivity contribution in [2.24, 2.45) is 4.99 Å². The first-order valence-electron chi connectivity index (χ1n) is 9.24. The van der Waals surface area contributed by atoms with Crippen LogP contribution >= 0.6 is 0 Å². The smallest absolute Gasteiger partial charge is 0.191 e. The highest BCUT2D eigenvalue weighted by atomic mass is 19.1. The topological polar surface area (TPSA) is 54.2 Å². The van der Waals surface area contributed by atoms with Crippen LogP contribution in [0.1, 0.15) is 36.2 Å². The standard InChI is InChI=1S/C20H28FN5/c1-15-13-16(2)26(25-15)12-4-11-23-19(22-3)24-14-20(9-10-20)17-5-7-18(21)8-6-17/h5-8,13H,4,9-12,14H2,1-3H3,(H2,22,23,24). The van der Waals surface area contributed by atoms with Crippen LogP contribution in [0.15, 0.2) is 35.3 Å². The highest BCUT2D eigenvalue weighted by Crippen LogP contribution is 2.47. The lowest BCUT2D eigenvalue weighted by Gasteiger charge is -2.19. The molecule has 0 radical (unpaired) electrons. The molecule has 1 aromatic carbocycles. The van der Waals surface area contributed by atoms with Crippen LogP contribution in [0.3, 0.4) is 0 Å². The number of rotatable bonds is 7. The van der Waals surface area contributed by atoms with E-state index >= 15 is 0 Å². The molecule has 1 aromatic heterocycles. The normalized spacial score (nSPS) is 15.8. The highest BCUT2D eigenvalue weighted by Gasteiger charge is 2.44. The van der Waals surface area contributed by atoms with Gasteiger partial charge in [-0.2, -0.15) is 5.10 Å². The molecule has 1 aliphatic rings. The van der Waals surface area contributed by atoms with Gasteiger partial charge < -0.3 is 10.6 Å². The van der Waals surface area contributed by atoms with Crippen LogP contribution in [0, 0.1) is 19.7 Å². The first-order chi connectivity index (χ1) is 12.5. The molecule has 0 spiro atoms. The zero-order chi connectivity index (χ0) is 18.6. The Morgan fingerprint density at radius 1 is 1.23 bits per heavy atom. The van der Waals surface area contributed by atoms with E-state index in [1.54, 1.807) is 19.2 Å². The molecule has 3 rings (SSSR count). The number of guanidine groups is 1. The molecule has 0 unspecified atom stereocenters. The van der Waals surface area contributed by atoms with Crippen LogP contribution in [0.5, 0.6) is 0 Å². The van der Waals surface area contributed by atoms with E-state index in [9.17, 15) is 4.39 Å². The first-order valence-corrected chi connectivity index (χ1v) is 9.24. The van der Waals surface area contributed by atoms with Crippen LogP contribution < -0.4 is 10.6 Å². The molecule has 6 heteroatoms. The third-order valence-corrected chi connectivity index (χ3v) is 5.07. The number of benzene rings is 1. The van der Waals surface area contributed by atoms with Crippen LogP contribution in [-0.2, 0) is 12.0 Å². The van der Waals surface area contributed by atoms with Gasteiger partial charge in [-0.25, -0.2) is 4.39 Å². The predicted octanol–water partition coefficient (Wildman–Crippen LogP) is 2.93. The minimum Gasteiger partial charge on any atom is -0.356 e. The summed E-state index contributed by atoms with van der Waals surface area (Å²) in [5.74, 6) is 0.629. The zero-order valence-electron chi connectivity index (χ0n) is 15.8. The van der Waals surface area contributed by atoms with E-state index in [2.05, 4.69) is 33.7 Å². The minimum absolute atomic E-state index is 0.120. The second kappa shape index (κ2) is 7.89.